The van der Waals surface area contributed by atoms with Gasteiger partial charge in [0.25, 0.3) is 0 Å². The van der Waals surface area contributed by atoms with Crippen molar-refractivity contribution in [2.24, 2.45) is 5.92 Å². The van der Waals surface area contributed by atoms with Crippen molar-refractivity contribution < 1.29 is 23.8 Å². The van der Waals surface area contributed by atoms with Gasteiger partial charge in [-0.15, -0.1) is 0 Å². The Hall–Kier alpha value is -2.60. The van der Waals surface area contributed by atoms with Gasteiger partial charge in [-0.25, -0.2) is 4.79 Å². The largest absolute Gasteiger partial charge is 0.478 e. The summed E-state index contributed by atoms with van der Waals surface area (Å²) in [6.07, 6.45) is 1.34. The van der Waals surface area contributed by atoms with Crippen molar-refractivity contribution >= 4 is 11.9 Å². The molecular weight excluding hydrogens is 346 g/mol. The molecule has 6 nitrogen and oxygen atoms in total. The molecule has 0 spiro atoms. The van der Waals surface area contributed by atoms with Gasteiger partial charge in [-0.1, -0.05) is 29.8 Å². The number of carbonyl (C=O) groups excluding carboxylic acids is 1. The number of carboxylic acids is 1. The zero-order valence-electron chi connectivity index (χ0n) is 15.9. The molecule has 1 N–H and O–H groups in total. The summed E-state index contributed by atoms with van der Waals surface area (Å²) < 4.78 is 11.4. The highest BCUT2D eigenvalue weighted by Gasteiger charge is 2.35. The van der Waals surface area contributed by atoms with Crippen LogP contribution in [-0.4, -0.2) is 35.5 Å². The average molecular weight is 371 g/mol. The van der Waals surface area contributed by atoms with Crippen LogP contribution in [0.4, 0.5) is 0 Å². The molecule has 1 aromatic carbocycles. The van der Waals surface area contributed by atoms with Crippen molar-refractivity contribution in [3.63, 3.8) is 0 Å². The SMILES string of the molecule is Cc1ccc([C@@H]2OCCC[C@H]2C(=O)N(C)Cc2cc(C(=O)O)c(C)o2)cc1. The normalized spacial score (nSPS) is 19.7. The van der Waals surface area contributed by atoms with Gasteiger partial charge in [-0.05, 0) is 38.3 Å². The van der Waals surface area contributed by atoms with Crippen molar-refractivity contribution in [1.29, 1.82) is 0 Å². The lowest BCUT2D eigenvalue weighted by Crippen LogP contribution is -2.38. The highest BCUT2D eigenvalue weighted by atomic mass is 16.5. The van der Waals surface area contributed by atoms with E-state index in [9.17, 15) is 9.59 Å². The Morgan fingerprint density at radius 3 is 2.56 bits per heavy atom. The number of hydrogen-bond acceptors (Lipinski definition) is 4. The number of amides is 1. The van der Waals surface area contributed by atoms with Crippen molar-refractivity contribution in [1.82, 2.24) is 4.90 Å². The number of hydrogen-bond donors (Lipinski definition) is 1. The van der Waals surface area contributed by atoms with E-state index >= 15 is 0 Å². The van der Waals surface area contributed by atoms with Crippen LogP contribution in [0.15, 0.2) is 34.7 Å². The zero-order chi connectivity index (χ0) is 19.6. The summed E-state index contributed by atoms with van der Waals surface area (Å²) in [6, 6.07) is 9.56. The molecule has 0 aliphatic carbocycles. The first-order chi connectivity index (χ1) is 12.9. The number of nitrogens with zero attached hydrogens (tertiary/aromatic N) is 1. The van der Waals surface area contributed by atoms with Gasteiger partial charge in [0.2, 0.25) is 5.91 Å². The van der Waals surface area contributed by atoms with E-state index in [0.717, 1.165) is 24.0 Å². The van der Waals surface area contributed by atoms with E-state index < -0.39 is 5.97 Å². The molecule has 1 aromatic heterocycles. The van der Waals surface area contributed by atoms with Crippen LogP contribution in [0, 0.1) is 19.8 Å². The van der Waals surface area contributed by atoms with Gasteiger partial charge in [0.1, 0.15) is 17.1 Å². The van der Waals surface area contributed by atoms with Crippen LogP contribution in [0.2, 0.25) is 0 Å². The molecule has 27 heavy (non-hydrogen) atoms. The van der Waals surface area contributed by atoms with E-state index in [0.29, 0.717) is 18.1 Å². The third-order valence-corrected chi connectivity index (χ3v) is 5.01. The number of carboxylic acid groups (broad SMARTS) is 1. The van der Waals surface area contributed by atoms with Crippen LogP contribution in [-0.2, 0) is 16.1 Å². The monoisotopic (exact) mass is 371 g/mol. The van der Waals surface area contributed by atoms with E-state index in [-0.39, 0.29) is 30.0 Å². The third-order valence-electron chi connectivity index (χ3n) is 5.01. The van der Waals surface area contributed by atoms with Crippen molar-refractivity contribution in [3.05, 3.63) is 58.5 Å². The predicted molar refractivity (Wildman–Crippen MR) is 99.5 cm³/mol. The van der Waals surface area contributed by atoms with E-state index in [2.05, 4.69) is 0 Å². The van der Waals surface area contributed by atoms with Crippen molar-refractivity contribution in [3.8, 4) is 0 Å². The minimum Gasteiger partial charge on any atom is -0.478 e. The topological polar surface area (TPSA) is 80.0 Å². The Balaban J connectivity index is 1.74. The van der Waals surface area contributed by atoms with Gasteiger partial charge < -0.3 is 19.2 Å². The molecule has 2 aromatic rings. The first kappa shape index (κ1) is 19.2. The lowest BCUT2D eigenvalue weighted by Gasteiger charge is -2.33. The van der Waals surface area contributed by atoms with Crippen LogP contribution in [0.1, 0.15) is 52.0 Å². The van der Waals surface area contributed by atoms with E-state index in [1.807, 2.05) is 31.2 Å². The second-order valence-electron chi connectivity index (χ2n) is 7.13. The summed E-state index contributed by atoms with van der Waals surface area (Å²) in [7, 11) is 1.71. The van der Waals surface area contributed by atoms with Gasteiger partial charge in [0.05, 0.1) is 18.6 Å². The molecule has 1 amide bonds. The molecule has 144 valence electrons. The number of furan rings is 1. The number of ether oxygens (including phenoxy) is 1. The number of carbonyl (C=O) groups is 2. The van der Waals surface area contributed by atoms with Gasteiger partial charge in [-0.3, -0.25) is 4.79 Å². The van der Waals surface area contributed by atoms with E-state index in [1.54, 1.807) is 18.9 Å². The first-order valence-electron chi connectivity index (χ1n) is 9.12. The lowest BCUT2D eigenvalue weighted by atomic mass is 9.88. The molecule has 0 unspecified atom stereocenters. The minimum absolute atomic E-state index is 0.0220. The Kier molecular flexibility index (Phi) is 5.65. The Morgan fingerprint density at radius 2 is 1.93 bits per heavy atom. The molecule has 2 heterocycles. The fraction of sp³-hybridized carbons (Fsp3) is 0.429. The molecular formula is C21H25NO5. The second-order valence-corrected chi connectivity index (χ2v) is 7.13. The number of aromatic carboxylic acids is 1. The number of aryl methyl sites for hydroxylation is 2. The summed E-state index contributed by atoms with van der Waals surface area (Å²) in [4.78, 5) is 25.8. The van der Waals surface area contributed by atoms with E-state index in [1.165, 1.54) is 6.07 Å². The van der Waals surface area contributed by atoms with Crippen LogP contribution in [0.25, 0.3) is 0 Å². The fourth-order valence-electron chi connectivity index (χ4n) is 3.55. The van der Waals surface area contributed by atoms with Gasteiger partial charge in [0.15, 0.2) is 0 Å². The maximum atomic E-state index is 13.1. The molecule has 1 saturated heterocycles. The molecule has 3 rings (SSSR count). The molecule has 1 fully saturated rings. The maximum absolute atomic E-state index is 13.1. The second kappa shape index (κ2) is 7.96. The summed E-state index contributed by atoms with van der Waals surface area (Å²) in [6.45, 7) is 4.51. The fourth-order valence-corrected chi connectivity index (χ4v) is 3.55. The first-order valence-corrected chi connectivity index (χ1v) is 9.12. The molecule has 1 aliphatic heterocycles. The highest BCUT2D eigenvalue weighted by Crippen LogP contribution is 2.35. The quantitative estimate of drug-likeness (QED) is 0.866. The maximum Gasteiger partial charge on any atom is 0.339 e. The number of benzene rings is 1. The summed E-state index contributed by atoms with van der Waals surface area (Å²) in [5.41, 5.74) is 2.30. The van der Waals surface area contributed by atoms with Crippen LogP contribution in [0.3, 0.4) is 0 Å². The molecule has 2 atom stereocenters. The van der Waals surface area contributed by atoms with Gasteiger partial charge in [-0.2, -0.15) is 0 Å². The van der Waals surface area contributed by atoms with Crippen molar-refractivity contribution in [2.75, 3.05) is 13.7 Å². The molecule has 1 aliphatic rings. The standard InChI is InChI=1S/C21H25NO5/c1-13-6-8-15(9-7-13)19-17(5-4-10-26-19)20(23)22(3)12-16-11-18(21(24)25)14(2)27-16/h6-9,11,17,19H,4-5,10,12H2,1-3H3,(H,24,25)/t17-,19+/m1/s1. The predicted octanol–water partition coefficient (Wildman–Crippen LogP) is 3.72. The Labute approximate surface area is 158 Å². The zero-order valence-corrected chi connectivity index (χ0v) is 15.9. The summed E-state index contributed by atoms with van der Waals surface area (Å²) in [5, 5.41) is 9.15. The van der Waals surface area contributed by atoms with Gasteiger partial charge in [0, 0.05) is 13.7 Å². The Bertz CT molecular complexity index is 824. The molecule has 0 bridgehead atoms. The summed E-state index contributed by atoms with van der Waals surface area (Å²) >= 11 is 0. The highest BCUT2D eigenvalue weighted by molar-refractivity contribution is 5.88. The van der Waals surface area contributed by atoms with Crippen molar-refractivity contribution in [2.45, 2.75) is 39.3 Å². The Morgan fingerprint density at radius 1 is 1.22 bits per heavy atom. The third kappa shape index (κ3) is 4.22. The molecule has 6 heteroatoms. The lowest BCUT2D eigenvalue weighted by molar-refractivity contribution is -0.145. The minimum atomic E-state index is -1.03. The van der Waals surface area contributed by atoms with Gasteiger partial charge >= 0.3 is 5.97 Å². The molecule has 0 radical (unpaired) electrons. The smallest absolute Gasteiger partial charge is 0.339 e. The van der Waals surface area contributed by atoms with Crippen LogP contribution in [0.5, 0.6) is 0 Å². The molecule has 0 saturated carbocycles. The number of rotatable bonds is 5. The average Bonchev–Trinajstić information content (AvgIpc) is 3.02. The van der Waals surface area contributed by atoms with Crippen LogP contribution >= 0.6 is 0 Å². The van der Waals surface area contributed by atoms with E-state index in [4.69, 9.17) is 14.3 Å². The summed E-state index contributed by atoms with van der Waals surface area (Å²) in [5.74, 6) is -0.509. The van der Waals surface area contributed by atoms with Crippen LogP contribution < -0.4 is 0 Å².